The zero-order valence-electron chi connectivity index (χ0n) is 21.9. The first kappa shape index (κ1) is 25.0. The van der Waals surface area contributed by atoms with Crippen LogP contribution in [0.5, 0.6) is 5.75 Å². The zero-order valence-corrected chi connectivity index (χ0v) is 21.9. The molecule has 1 amide bonds. The van der Waals surface area contributed by atoms with Gasteiger partial charge in [-0.05, 0) is 53.3 Å². The van der Waals surface area contributed by atoms with Crippen LogP contribution >= 0.6 is 0 Å². The van der Waals surface area contributed by atoms with Crippen LogP contribution in [0.4, 0.5) is 0 Å². The summed E-state index contributed by atoms with van der Waals surface area (Å²) in [5.74, 6) is 1.50. The molecular formula is C31H36N4O2. The Hall–Kier alpha value is -3.64. The van der Waals surface area contributed by atoms with Gasteiger partial charge in [0.15, 0.2) is 0 Å². The van der Waals surface area contributed by atoms with Crippen molar-refractivity contribution in [3.63, 3.8) is 0 Å². The summed E-state index contributed by atoms with van der Waals surface area (Å²) in [5.41, 5.74) is 3.15. The van der Waals surface area contributed by atoms with Crippen molar-refractivity contribution in [3.8, 4) is 5.75 Å². The highest BCUT2D eigenvalue weighted by Crippen LogP contribution is 2.32. The molecule has 6 heteroatoms. The largest absolute Gasteiger partial charge is 0.497 e. The third-order valence-electron chi connectivity index (χ3n) is 7.45. The molecule has 5 rings (SSSR count). The predicted molar refractivity (Wildman–Crippen MR) is 148 cm³/mol. The van der Waals surface area contributed by atoms with Crippen LogP contribution < -0.4 is 4.74 Å². The second-order valence-electron chi connectivity index (χ2n) is 10.4. The van der Waals surface area contributed by atoms with Crippen LogP contribution in [0.2, 0.25) is 0 Å². The predicted octanol–water partition coefficient (Wildman–Crippen LogP) is 5.73. The number of nitrogens with one attached hydrogen (secondary N) is 1. The van der Waals surface area contributed by atoms with Crippen molar-refractivity contribution in [1.29, 1.82) is 0 Å². The molecule has 2 heterocycles. The molecule has 2 atom stereocenters. The molecule has 1 N–H and O–H groups in total. The van der Waals surface area contributed by atoms with Crippen LogP contribution in [0.25, 0.3) is 10.8 Å². The molecular weight excluding hydrogens is 460 g/mol. The fourth-order valence-corrected chi connectivity index (χ4v) is 5.64. The van der Waals surface area contributed by atoms with E-state index in [2.05, 4.69) is 57.9 Å². The Kier molecular flexibility index (Phi) is 7.56. The number of carbonyl (C=O) groups excluding carboxylic acids is 1. The number of imidazole rings is 1. The highest BCUT2D eigenvalue weighted by atomic mass is 16.5. The van der Waals surface area contributed by atoms with E-state index >= 15 is 0 Å². The molecule has 1 saturated heterocycles. The first-order valence-electron chi connectivity index (χ1n) is 13.2. The van der Waals surface area contributed by atoms with Gasteiger partial charge in [-0.2, -0.15) is 0 Å². The van der Waals surface area contributed by atoms with E-state index in [0.29, 0.717) is 19.0 Å². The van der Waals surface area contributed by atoms with E-state index in [4.69, 9.17) is 4.74 Å². The van der Waals surface area contributed by atoms with Gasteiger partial charge in [-0.25, -0.2) is 4.98 Å². The van der Waals surface area contributed by atoms with E-state index < -0.39 is 0 Å². The maximum atomic E-state index is 13.8. The van der Waals surface area contributed by atoms with Crippen molar-refractivity contribution in [2.24, 2.45) is 5.92 Å². The van der Waals surface area contributed by atoms with Crippen LogP contribution in [0.3, 0.4) is 0 Å². The fraction of sp³-hybridized carbons (Fsp3) is 0.355. The topological polar surface area (TPSA) is 61.5 Å². The smallest absolute Gasteiger partial charge is 0.254 e. The number of ether oxygens (including phenoxy) is 1. The lowest BCUT2D eigenvalue weighted by atomic mass is 9.94. The number of methoxy groups -OCH3 is 1. The average molecular weight is 497 g/mol. The normalized spacial score (nSPS) is 17.3. The number of nitrogens with zero attached hydrogens (tertiary/aromatic N) is 3. The van der Waals surface area contributed by atoms with E-state index in [1.54, 1.807) is 13.4 Å². The number of benzene rings is 3. The summed E-state index contributed by atoms with van der Waals surface area (Å²) in [6.45, 7) is 6.75. The lowest BCUT2D eigenvalue weighted by molar-refractivity contribution is 0.0245. The van der Waals surface area contributed by atoms with Gasteiger partial charge in [0.1, 0.15) is 5.75 Å². The van der Waals surface area contributed by atoms with E-state index in [1.165, 1.54) is 5.56 Å². The number of hydrogen-bond acceptors (Lipinski definition) is 4. The third kappa shape index (κ3) is 5.54. The molecule has 1 fully saturated rings. The van der Waals surface area contributed by atoms with E-state index in [1.807, 2.05) is 48.7 Å². The number of carbonyl (C=O) groups is 1. The van der Waals surface area contributed by atoms with Crippen molar-refractivity contribution >= 4 is 16.7 Å². The monoisotopic (exact) mass is 496 g/mol. The van der Waals surface area contributed by atoms with Crippen LogP contribution in [-0.2, 0) is 6.42 Å². The molecule has 4 aromatic rings. The molecule has 0 aliphatic carbocycles. The van der Waals surface area contributed by atoms with Crippen molar-refractivity contribution in [2.75, 3.05) is 26.7 Å². The molecule has 0 radical (unpaired) electrons. The van der Waals surface area contributed by atoms with Gasteiger partial charge in [0.2, 0.25) is 0 Å². The molecule has 1 aliphatic rings. The number of piperazine rings is 1. The quantitative estimate of drug-likeness (QED) is 0.339. The van der Waals surface area contributed by atoms with Gasteiger partial charge in [-0.15, -0.1) is 0 Å². The van der Waals surface area contributed by atoms with Crippen LogP contribution in [-0.4, -0.2) is 58.5 Å². The minimum absolute atomic E-state index is 0.124. The summed E-state index contributed by atoms with van der Waals surface area (Å²) in [7, 11) is 1.69. The SMILES string of the molecule is COc1ccc(CC(c2cnc[nH]2)N2CCN(C(=O)c3cccc4ccccc34)C[C@@H]2CC(C)C)cc1. The fourth-order valence-electron chi connectivity index (χ4n) is 5.64. The molecule has 0 spiro atoms. The number of rotatable bonds is 8. The van der Waals surface area contributed by atoms with Gasteiger partial charge in [0, 0.05) is 37.4 Å². The summed E-state index contributed by atoms with van der Waals surface area (Å²) in [6, 6.07) is 22.9. The standard InChI is InChI=1S/C31H36N4O2/c1-22(2)17-25-20-34(31(36)28-10-6-8-24-7-4-5-9-27(24)28)15-16-35(25)30(29-19-32-21-33-29)18-23-11-13-26(37-3)14-12-23/h4-14,19,21-22,25,30H,15-18,20H2,1-3H3,(H,32,33)/t25-,30?/m0/s1. The molecule has 0 bridgehead atoms. The van der Waals surface area contributed by atoms with Crippen molar-refractivity contribution < 1.29 is 9.53 Å². The lowest BCUT2D eigenvalue weighted by Gasteiger charge is -2.46. The molecule has 37 heavy (non-hydrogen) atoms. The summed E-state index contributed by atoms with van der Waals surface area (Å²) in [4.78, 5) is 26.1. The second kappa shape index (κ2) is 11.2. The Labute approximate surface area is 219 Å². The second-order valence-corrected chi connectivity index (χ2v) is 10.4. The summed E-state index contributed by atoms with van der Waals surface area (Å²) < 4.78 is 5.36. The first-order valence-corrected chi connectivity index (χ1v) is 13.2. The Morgan fingerprint density at radius 3 is 2.57 bits per heavy atom. The number of hydrogen-bond donors (Lipinski definition) is 1. The van der Waals surface area contributed by atoms with Gasteiger partial charge in [-0.1, -0.05) is 62.4 Å². The van der Waals surface area contributed by atoms with Crippen LogP contribution in [0.15, 0.2) is 79.3 Å². The minimum atomic E-state index is 0.124. The van der Waals surface area contributed by atoms with Crippen molar-refractivity contribution in [1.82, 2.24) is 19.8 Å². The van der Waals surface area contributed by atoms with E-state index in [9.17, 15) is 4.79 Å². The molecule has 6 nitrogen and oxygen atoms in total. The first-order chi connectivity index (χ1) is 18.0. The molecule has 3 aromatic carbocycles. The van der Waals surface area contributed by atoms with E-state index in [0.717, 1.165) is 47.2 Å². The van der Waals surface area contributed by atoms with Gasteiger partial charge < -0.3 is 14.6 Å². The Morgan fingerprint density at radius 2 is 1.84 bits per heavy atom. The van der Waals surface area contributed by atoms with Gasteiger partial charge in [0.25, 0.3) is 5.91 Å². The highest BCUT2D eigenvalue weighted by molar-refractivity contribution is 6.07. The molecule has 0 saturated carbocycles. The maximum absolute atomic E-state index is 13.8. The Balaban J connectivity index is 1.41. The van der Waals surface area contributed by atoms with Gasteiger partial charge in [-0.3, -0.25) is 9.69 Å². The van der Waals surface area contributed by atoms with Crippen LogP contribution in [0, 0.1) is 5.92 Å². The molecule has 1 aliphatic heterocycles. The molecule has 1 aromatic heterocycles. The number of H-pyrrole nitrogens is 1. The third-order valence-corrected chi connectivity index (χ3v) is 7.45. The zero-order chi connectivity index (χ0) is 25.8. The van der Waals surface area contributed by atoms with Gasteiger partial charge in [0.05, 0.1) is 25.2 Å². The molecule has 192 valence electrons. The van der Waals surface area contributed by atoms with Crippen molar-refractivity contribution in [3.05, 3.63) is 96.1 Å². The highest BCUT2D eigenvalue weighted by Gasteiger charge is 2.36. The number of aromatic nitrogens is 2. The Morgan fingerprint density at radius 1 is 1.05 bits per heavy atom. The number of aromatic amines is 1. The average Bonchev–Trinajstić information content (AvgIpc) is 3.46. The summed E-state index contributed by atoms with van der Waals surface area (Å²) in [6.07, 6.45) is 5.58. The summed E-state index contributed by atoms with van der Waals surface area (Å²) in [5, 5.41) is 2.12. The van der Waals surface area contributed by atoms with Gasteiger partial charge >= 0.3 is 0 Å². The Bertz CT molecular complexity index is 1310. The molecule has 1 unspecified atom stereocenters. The summed E-state index contributed by atoms with van der Waals surface area (Å²) >= 11 is 0. The number of amides is 1. The number of fused-ring (bicyclic) bond motifs is 1. The van der Waals surface area contributed by atoms with E-state index in [-0.39, 0.29) is 18.0 Å². The minimum Gasteiger partial charge on any atom is -0.497 e. The maximum Gasteiger partial charge on any atom is 0.254 e. The van der Waals surface area contributed by atoms with Crippen molar-refractivity contribution in [2.45, 2.75) is 38.8 Å². The lowest BCUT2D eigenvalue weighted by Crippen LogP contribution is -2.56. The van der Waals surface area contributed by atoms with Crippen LogP contribution in [0.1, 0.15) is 47.9 Å².